The molecule has 1 amide bonds. The zero-order chi connectivity index (χ0) is 18.5. The first kappa shape index (κ1) is 16.7. The Morgan fingerprint density at radius 1 is 1.19 bits per heavy atom. The van der Waals surface area contributed by atoms with Crippen molar-refractivity contribution in [2.75, 3.05) is 0 Å². The molecule has 26 heavy (non-hydrogen) atoms. The minimum absolute atomic E-state index is 0.0225. The minimum Gasteiger partial charge on any atom is -0.350 e. The Hall–Kier alpha value is -2.76. The van der Waals surface area contributed by atoms with Crippen molar-refractivity contribution in [1.29, 1.82) is 0 Å². The van der Waals surface area contributed by atoms with Crippen molar-refractivity contribution < 1.29 is 4.79 Å². The number of nitrogens with zero attached hydrogens (tertiary/aromatic N) is 4. The van der Waals surface area contributed by atoms with Gasteiger partial charge in [-0.15, -0.1) is 0 Å². The molecule has 1 aliphatic rings. The fraction of sp³-hybridized carbons (Fsp3) is 0.400. The highest BCUT2D eigenvalue weighted by Crippen LogP contribution is 2.33. The van der Waals surface area contributed by atoms with E-state index in [1.54, 1.807) is 0 Å². The number of aryl methyl sites for hydroxylation is 1. The standard InChI is InChI=1S/C20H23N5O/c1-12-5-6-16-24-15-10-21-17(26)7-14(18(15)25(16)11-12)13-8-22-19(23-9-13)20(2,3)4/h5-6,8-9,11,14H,7,10H2,1-4H3,(H,21,26)/t14-/m0/s1. The van der Waals surface area contributed by atoms with Crippen LogP contribution in [0.1, 0.15) is 61.4 Å². The minimum atomic E-state index is -0.113. The molecule has 0 aliphatic carbocycles. The fourth-order valence-corrected chi connectivity index (χ4v) is 3.43. The van der Waals surface area contributed by atoms with Crippen molar-refractivity contribution in [2.45, 2.75) is 52.0 Å². The van der Waals surface area contributed by atoms with Crippen molar-refractivity contribution in [3.05, 3.63) is 59.1 Å². The van der Waals surface area contributed by atoms with Gasteiger partial charge in [-0.3, -0.25) is 4.79 Å². The van der Waals surface area contributed by atoms with E-state index in [4.69, 9.17) is 4.98 Å². The largest absolute Gasteiger partial charge is 0.350 e. The van der Waals surface area contributed by atoms with Gasteiger partial charge in [-0.05, 0) is 24.1 Å². The van der Waals surface area contributed by atoms with Gasteiger partial charge in [-0.25, -0.2) is 15.0 Å². The van der Waals surface area contributed by atoms with Gasteiger partial charge in [0.15, 0.2) is 0 Å². The third-order valence-corrected chi connectivity index (χ3v) is 4.80. The quantitative estimate of drug-likeness (QED) is 0.733. The van der Waals surface area contributed by atoms with Crippen molar-refractivity contribution in [2.24, 2.45) is 0 Å². The fourth-order valence-electron chi connectivity index (χ4n) is 3.43. The predicted molar refractivity (Wildman–Crippen MR) is 99.0 cm³/mol. The SMILES string of the molecule is Cc1ccc2nc3c(n2c1)[C@H](c1cnc(C(C)(C)C)nc1)CC(=O)NC3. The van der Waals surface area contributed by atoms with Crippen LogP contribution < -0.4 is 5.32 Å². The van der Waals surface area contributed by atoms with E-state index in [0.29, 0.717) is 13.0 Å². The number of amides is 1. The Kier molecular flexibility index (Phi) is 3.79. The number of aromatic nitrogens is 4. The van der Waals surface area contributed by atoms with E-state index in [2.05, 4.69) is 59.6 Å². The summed E-state index contributed by atoms with van der Waals surface area (Å²) in [6.07, 6.45) is 6.16. The molecular formula is C20H23N5O. The van der Waals surface area contributed by atoms with E-state index >= 15 is 0 Å². The van der Waals surface area contributed by atoms with Gasteiger partial charge in [0.2, 0.25) is 5.91 Å². The third-order valence-electron chi connectivity index (χ3n) is 4.80. The van der Waals surface area contributed by atoms with E-state index in [1.165, 1.54) is 0 Å². The van der Waals surface area contributed by atoms with E-state index in [9.17, 15) is 4.79 Å². The van der Waals surface area contributed by atoms with Crippen LogP contribution in [0.3, 0.4) is 0 Å². The van der Waals surface area contributed by atoms with Gasteiger partial charge >= 0.3 is 0 Å². The van der Waals surface area contributed by atoms with Crippen LogP contribution in [-0.4, -0.2) is 25.3 Å². The Morgan fingerprint density at radius 2 is 1.92 bits per heavy atom. The van der Waals surface area contributed by atoms with Crippen LogP contribution in [0.4, 0.5) is 0 Å². The summed E-state index contributed by atoms with van der Waals surface area (Å²) in [6, 6.07) is 4.07. The van der Waals surface area contributed by atoms with Gasteiger partial charge in [-0.1, -0.05) is 26.8 Å². The summed E-state index contributed by atoms with van der Waals surface area (Å²) in [5, 5.41) is 2.96. The number of rotatable bonds is 1. The van der Waals surface area contributed by atoms with Gasteiger partial charge in [0.05, 0.1) is 17.9 Å². The number of imidazole rings is 1. The summed E-state index contributed by atoms with van der Waals surface area (Å²) < 4.78 is 2.10. The molecule has 3 aromatic heterocycles. The molecule has 0 spiro atoms. The Bertz CT molecular complexity index is 982. The number of fused-ring (bicyclic) bond motifs is 3. The summed E-state index contributed by atoms with van der Waals surface area (Å²) in [5.41, 5.74) is 4.85. The summed E-state index contributed by atoms with van der Waals surface area (Å²) in [6.45, 7) is 8.78. The normalized spacial score (nSPS) is 17.7. The molecule has 4 heterocycles. The molecule has 0 bridgehead atoms. The second kappa shape index (κ2) is 5.90. The smallest absolute Gasteiger partial charge is 0.221 e. The van der Waals surface area contributed by atoms with E-state index < -0.39 is 0 Å². The highest BCUT2D eigenvalue weighted by Gasteiger charge is 2.29. The van der Waals surface area contributed by atoms with Crippen LogP contribution in [0.5, 0.6) is 0 Å². The zero-order valence-corrected chi connectivity index (χ0v) is 15.6. The lowest BCUT2D eigenvalue weighted by atomic mass is 9.92. The molecule has 0 radical (unpaired) electrons. The molecule has 0 saturated heterocycles. The van der Waals surface area contributed by atoms with E-state index in [1.807, 2.05) is 18.5 Å². The maximum Gasteiger partial charge on any atom is 0.221 e. The summed E-state index contributed by atoms with van der Waals surface area (Å²) in [4.78, 5) is 26.1. The summed E-state index contributed by atoms with van der Waals surface area (Å²) in [7, 11) is 0. The van der Waals surface area contributed by atoms with Crippen molar-refractivity contribution in [3.8, 4) is 0 Å². The second-order valence-corrected chi connectivity index (χ2v) is 8.00. The zero-order valence-electron chi connectivity index (χ0n) is 15.6. The molecule has 0 saturated carbocycles. The van der Waals surface area contributed by atoms with E-state index in [0.717, 1.165) is 34.0 Å². The first-order valence-corrected chi connectivity index (χ1v) is 8.89. The molecule has 4 rings (SSSR count). The monoisotopic (exact) mass is 349 g/mol. The van der Waals surface area contributed by atoms with Crippen LogP contribution in [-0.2, 0) is 16.8 Å². The van der Waals surface area contributed by atoms with Crippen molar-refractivity contribution >= 4 is 11.6 Å². The van der Waals surface area contributed by atoms with Crippen LogP contribution in [0.25, 0.3) is 5.65 Å². The summed E-state index contributed by atoms with van der Waals surface area (Å²) in [5.74, 6) is 0.709. The maximum atomic E-state index is 12.3. The Morgan fingerprint density at radius 3 is 2.62 bits per heavy atom. The highest BCUT2D eigenvalue weighted by molar-refractivity contribution is 5.78. The highest BCUT2D eigenvalue weighted by atomic mass is 16.1. The van der Waals surface area contributed by atoms with Gasteiger partial charge < -0.3 is 9.72 Å². The molecule has 1 atom stereocenters. The molecule has 0 unspecified atom stereocenters. The van der Waals surface area contributed by atoms with Crippen molar-refractivity contribution in [1.82, 2.24) is 24.7 Å². The number of carbonyl (C=O) groups excluding carboxylic acids is 1. The number of hydrogen-bond donors (Lipinski definition) is 1. The lowest BCUT2D eigenvalue weighted by Gasteiger charge is -2.19. The maximum absolute atomic E-state index is 12.3. The van der Waals surface area contributed by atoms with Gasteiger partial charge in [0.1, 0.15) is 11.5 Å². The molecule has 134 valence electrons. The van der Waals surface area contributed by atoms with Gasteiger partial charge in [-0.2, -0.15) is 0 Å². The van der Waals surface area contributed by atoms with Gasteiger partial charge in [0, 0.05) is 36.3 Å². The van der Waals surface area contributed by atoms with E-state index in [-0.39, 0.29) is 17.2 Å². The first-order valence-electron chi connectivity index (χ1n) is 8.89. The second-order valence-electron chi connectivity index (χ2n) is 8.00. The molecule has 0 fully saturated rings. The average Bonchev–Trinajstić information content (AvgIpc) is 2.85. The molecule has 1 aliphatic heterocycles. The number of hydrogen-bond acceptors (Lipinski definition) is 4. The predicted octanol–water partition coefficient (Wildman–Crippen LogP) is 2.88. The molecule has 6 heteroatoms. The lowest BCUT2D eigenvalue weighted by Crippen LogP contribution is -2.22. The van der Waals surface area contributed by atoms with Crippen molar-refractivity contribution in [3.63, 3.8) is 0 Å². The van der Waals surface area contributed by atoms with Crippen LogP contribution in [0.15, 0.2) is 30.7 Å². The molecular weight excluding hydrogens is 326 g/mol. The number of nitrogens with one attached hydrogen (secondary N) is 1. The topological polar surface area (TPSA) is 72.2 Å². The first-order chi connectivity index (χ1) is 12.3. The summed E-state index contributed by atoms with van der Waals surface area (Å²) >= 11 is 0. The van der Waals surface area contributed by atoms with Crippen LogP contribution in [0, 0.1) is 6.92 Å². The molecule has 6 nitrogen and oxygen atoms in total. The van der Waals surface area contributed by atoms with Crippen LogP contribution in [0.2, 0.25) is 0 Å². The number of carbonyl (C=O) groups is 1. The van der Waals surface area contributed by atoms with Crippen LogP contribution >= 0.6 is 0 Å². The third kappa shape index (κ3) is 2.85. The Balaban J connectivity index is 1.86. The molecule has 3 aromatic rings. The van der Waals surface area contributed by atoms with Gasteiger partial charge in [0.25, 0.3) is 0 Å². The average molecular weight is 349 g/mol. The number of pyridine rings is 1. The lowest BCUT2D eigenvalue weighted by molar-refractivity contribution is -0.121. The molecule has 0 aromatic carbocycles. The Labute approximate surface area is 152 Å². The molecule has 1 N–H and O–H groups in total.